The standard InChI is InChI=1S/C30H58O7/c1-3-5-7-9-11-13-15-17-19-21-29(33)36-25-27(31)23-35-24-28(32)26-37-30(34)22-20-18-16-14-12-10-8-6-4-2/h27-28,31-32H,3-26H2,1-2H3/t27-,28-/m0/s1. The molecule has 37 heavy (non-hydrogen) atoms. The minimum absolute atomic E-state index is 0.0608. The van der Waals surface area contributed by atoms with Gasteiger partial charge in [0.05, 0.1) is 13.2 Å². The van der Waals surface area contributed by atoms with Crippen molar-refractivity contribution in [1.29, 1.82) is 0 Å². The lowest BCUT2D eigenvalue weighted by molar-refractivity contribution is -0.149. The summed E-state index contributed by atoms with van der Waals surface area (Å²) in [6, 6.07) is 0. The van der Waals surface area contributed by atoms with E-state index in [9.17, 15) is 19.8 Å². The first-order chi connectivity index (χ1) is 18.0. The summed E-state index contributed by atoms with van der Waals surface area (Å²) >= 11 is 0. The molecule has 0 saturated carbocycles. The number of rotatable bonds is 28. The van der Waals surface area contributed by atoms with Crippen molar-refractivity contribution in [2.24, 2.45) is 0 Å². The highest BCUT2D eigenvalue weighted by Crippen LogP contribution is 2.12. The zero-order chi connectivity index (χ0) is 27.4. The molecule has 0 heterocycles. The Hall–Kier alpha value is -1.18. The maximum atomic E-state index is 11.8. The van der Waals surface area contributed by atoms with Crippen LogP contribution in [0.3, 0.4) is 0 Å². The van der Waals surface area contributed by atoms with Crippen molar-refractivity contribution >= 4 is 11.9 Å². The first-order valence-electron chi connectivity index (χ1n) is 15.2. The first-order valence-corrected chi connectivity index (χ1v) is 15.2. The smallest absolute Gasteiger partial charge is 0.305 e. The average Bonchev–Trinajstić information content (AvgIpc) is 2.88. The maximum Gasteiger partial charge on any atom is 0.305 e. The number of ether oxygens (including phenoxy) is 3. The lowest BCUT2D eigenvalue weighted by Crippen LogP contribution is -2.28. The van der Waals surface area contributed by atoms with Crippen LogP contribution in [0.25, 0.3) is 0 Å². The summed E-state index contributed by atoms with van der Waals surface area (Å²) < 4.78 is 15.5. The number of hydrogen-bond donors (Lipinski definition) is 2. The van der Waals surface area contributed by atoms with Gasteiger partial charge in [0.15, 0.2) is 0 Å². The van der Waals surface area contributed by atoms with Crippen LogP contribution in [-0.2, 0) is 23.8 Å². The zero-order valence-corrected chi connectivity index (χ0v) is 24.1. The van der Waals surface area contributed by atoms with Crippen LogP contribution in [0.15, 0.2) is 0 Å². The van der Waals surface area contributed by atoms with Crippen LogP contribution in [0.5, 0.6) is 0 Å². The Morgan fingerprint density at radius 1 is 0.486 bits per heavy atom. The maximum absolute atomic E-state index is 11.8. The van der Waals surface area contributed by atoms with Gasteiger partial charge in [-0.1, -0.05) is 117 Å². The highest BCUT2D eigenvalue weighted by Gasteiger charge is 2.13. The quantitative estimate of drug-likeness (QED) is 0.0862. The molecule has 0 aromatic rings. The topological polar surface area (TPSA) is 102 Å². The van der Waals surface area contributed by atoms with Crippen molar-refractivity contribution in [1.82, 2.24) is 0 Å². The summed E-state index contributed by atoms with van der Waals surface area (Å²) in [4.78, 5) is 23.6. The molecule has 0 fully saturated rings. The molecule has 0 unspecified atom stereocenters. The van der Waals surface area contributed by atoms with Gasteiger partial charge in [-0.05, 0) is 12.8 Å². The van der Waals surface area contributed by atoms with Crippen molar-refractivity contribution < 1.29 is 34.0 Å². The van der Waals surface area contributed by atoms with Crippen LogP contribution in [0.1, 0.15) is 142 Å². The normalized spacial score (nSPS) is 12.9. The molecule has 2 N–H and O–H groups in total. The second-order valence-corrected chi connectivity index (χ2v) is 10.4. The van der Waals surface area contributed by atoms with Crippen molar-refractivity contribution in [2.45, 2.75) is 154 Å². The third-order valence-electron chi connectivity index (χ3n) is 6.46. The van der Waals surface area contributed by atoms with E-state index in [1.54, 1.807) is 0 Å². The summed E-state index contributed by atoms with van der Waals surface area (Å²) in [5, 5.41) is 19.8. The predicted molar refractivity (Wildman–Crippen MR) is 148 cm³/mol. The molecule has 0 saturated heterocycles. The predicted octanol–water partition coefficient (Wildman–Crippen LogP) is 6.65. The Bertz CT molecular complexity index is 468. The van der Waals surface area contributed by atoms with Crippen molar-refractivity contribution in [3.8, 4) is 0 Å². The van der Waals surface area contributed by atoms with Gasteiger partial charge in [0, 0.05) is 12.8 Å². The third-order valence-corrected chi connectivity index (χ3v) is 6.46. The van der Waals surface area contributed by atoms with Gasteiger partial charge in [-0.15, -0.1) is 0 Å². The molecule has 0 aliphatic carbocycles. The summed E-state index contributed by atoms with van der Waals surface area (Å²) in [5.74, 6) is -0.609. The van der Waals surface area contributed by atoms with Gasteiger partial charge in [0.2, 0.25) is 0 Å². The Morgan fingerprint density at radius 3 is 1.11 bits per heavy atom. The second kappa shape index (κ2) is 27.8. The molecule has 0 rings (SSSR count). The van der Waals surface area contributed by atoms with E-state index in [1.807, 2.05) is 0 Å². The minimum Gasteiger partial charge on any atom is -0.463 e. The lowest BCUT2D eigenvalue weighted by atomic mass is 10.1. The third kappa shape index (κ3) is 27.7. The van der Waals surface area contributed by atoms with Gasteiger partial charge >= 0.3 is 11.9 Å². The highest BCUT2D eigenvalue weighted by atomic mass is 16.6. The first kappa shape index (κ1) is 35.8. The van der Waals surface area contributed by atoms with Gasteiger partial charge in [0.1, 0.15) is 25.4 Å². The Labute approximate surface area is 227 Å². The molecule has 7 heteroatoms. The van der Waals surface area contributed by atoms with E-state index in [1.165, 1.54) is 77.0 Å². The molecule has 0 aromatic carbocycles. The van der Waals surface area contributed by atoms with E-state index in [2.05, 4.69) is 13.8 Å². The van der Waals surface area contributed by atoms with Gasteiger partial charge in [-0.2, -0.15) is 0 Å². The van der Waals surface area contributed by atoms with Gasteiger partial charge < -0.3 is 24.4 Å². The fourth-order valence-corrected chi connectivity index (χ4v) is 4.12. The van der Waals surface area contributed by atoms with Crippen LogP contribution in [-0.4, -0.2) is 60.8 Å². The summed E-state index contributed by atoms with van der Waals surface area (Å²) in [6.07, 6.45) is 20.2. The number of carbonyl (C=O) groups is 2. The Morgan fingerprint density at radius 2 is 0.784 bits per heavy atom. The fraction of sp³-hybridized carbons (Fsp3) is 0.933. The average molecular weight is 531 g/mol. The molecular formula is C30H58O7. The Balaban J connectivity index is 3.53. The van der Waals surface area contributed by atoms with Crippen LogP contribution in [0.4, 0.5) is 0 Å². The van der Waals surface area contributed by atoms with Gasteiger partial charge in [-0.3, -0.25) is 9.59 Å². The van der Waals surface area contributed by atoms with Gasteiger partial charge in [-0.25, -0.2) is 0 Å². The van der Waals surface area contributed by atoms with E-state index in [0.717, 1.165) is 38.5 Å². The molecule has 0 spiro atoms. The number of aliphatic hydroxyl groups excluding tert-OH is 2. The molecule has 7 nitrogen and oxygen atoms in total. The van der Waals surface area contributed by atoms with Crippen molar-refractivity contribution in [3.63, 3.8) is 0 Å². The van der Waals surface area contributed by atoms with Crippen molar-refractivity contribution in [2.75, 3.05) is 26.4 Å². The molecule has 2 atom stereocenters. The summed E-state index contributed by atoms with van der Waals surface area (Å²) in [5.41, 5.74) is 0. The molecule has 0 radical (unpaired) electrons. The Kier molecular flexibility index (Phi) is 27.0. The summed E-state index contributed by atoms with van der Waals surface area (Å²) in [7, 11) is 0. The molecule has 0 aliphatic rings. The van der Waals surface area contributed by atoms with E-state index < -0.39 is 12.2 Å². The number of aliphatic hydroxyl groups is 2. The lowest BCUT2D eigenvalue weighted by Gasteiger charge is -2.15. The fourth-order valence-electron chi connectivity index (χ4n) is 4.12. The number of unbranched alkanes of at least 4 members (excludes halogenated alkanes) is 16. The van der Waals surface area contributed by atoms with E-state index in [4.69, 9.17) is 14.2 Å². The van der Waals surface area contributed by atoms with Crippen LogP contribution in [0, 0.1) is 0 Å². The SMILES string of the molecule is CCCCCCCCCCCC(=O)OC[C@@H](O)COC[C@H](O)COC(=O)CCCCCCCCCCC. The molecule has 0 aromatic heterocycles. The monoisotopic (exact) mass is 530 g/mol. The minimum atomic E-state index is -0.950. The molecule has 220 valence electrons. The highest BCUT2D eigenvalue weighted by molar-refractivity contribution is 5.69. The number of esters is 2. The van der Waals surface area contributed by atoms with Crippen molar-refractivity contribution in [3.05, 3.63) is 0 Å². The number of hydrogen-bond acceptors (Lipinski definition) is 7. The van der Waals surface area contributed by atoms with Crippen LogP contribution in [0.2, 0.25) is 0 Å². The second-order valence-electron chi connectivity index (χ2n) is 10.4. The number of carbonyl (C=O) groups excluding carboxylic acids is 2. The van der Waals surface area contributed by atoms with E-state index in [0.29, 0.717) is 12.8 Å². The van der Waals surface area contributed by atoms with Crippen LogP contribution < -0.4 is 0 Å². The molecule has 0 bridgehead atoms. The van der Waals surface area contributed by atoms with Gasteiger partial charge in [0.25, 0.3) is 0 Å². The van der Waals surface area contributed by atoms with Crippen LogP contribution >= 0.6 is 0 Å². The summed E-state index contributed by atoms with van der Waals surface area (Å²) in [6.45, 7) is 4.07. The molecular weight excluding hydrogens is 472 g/mol. The van der Waals surface area contributed by atoms with E-state index >= 15 is 0 Å². The largest absolute Gasteiger partial charge is 0.463 e. The zero-order valence-electron chi connectivity index (χ0n) is 24.1. The van der Waals surface area contributed by atoms with E-state index in [-0.39, 0.29) is 38.4 Å². The molecule has 0 amide bonds. The molecule has 0 aliphatic heterocycles.